The van der Waals surface area contributed by atoms with Crippen LogP contribution in [-0.2, 0) is 6.42 Å². The van der Waals surface area contributed by atoms with Crippen LogP contribution in [-0.4, -0.2) is 11.9 Å². The average molecular weight is 347 g/mol. The van der Waals surface area contributed by atoms with Crippen molar-refractivity contribution in [3.63, 3.8) is 0 Å². The minimum atomic E-state index is -0.502. The zero-order valence-corrected chi connectivity index (χ0v) is 14.1. The van der Waals surface area contributed by atoms with Crippen molar-refractivity contribution in [2.45, 2.75) is 33.3 Å². The van der Waals surface area contributed by atoms with E-state index >= 15 is 0 Å². The molecule has 0 aliphatic rings. The highest BCUT2D eigenvalue weighted by Crippen LogP contribution is 2.23. The maximum absolute atomic E-state index is 12.4. The number of halogens is 1. The molecule has 1 atom stereocenters. The largest absolute Gasteiger partial charge is 0.482 e. The number of ketones is 1. The smallest absolute Gasteiger partial charge is 0.202 e. The molecule has 0 heterocycles. The Kier molecular flexibility index (Phi) is 5.18. The normalized spacial score (nSPS) is 12.0. The maximum Gasteiger partial charge on any atom is 0.202 e. The van der Waals surface area contributed by atoms with E-state index in [0.717, 1.165) is 22.2 Å². The Morgan fingerprint density at radius 2 is 1.86 bits per heavy atom. The number of hydrogen-bond donors (Lipinski definition) is 0. The number of aryl methyl sites for hydroxylation is 2. The number of benzene rings is 2. The van der Waals surface area contributed by atoms with Crippen LogP contribution in [0.2, 0.25) is 0 Å². The lowest BCUT2D eigenvalue weighted by Gasteiger charge is -2.16. The van der Waals surface area contributed by atoms with Crippen molar-refractivity contribution in [3.05, 3.63) is 63.6 Å². The molecule has 2 rings (SSSR count). The first-order chi connectivity index (χ1) is 10.0. The third kappa shape index (κ3) is 3.94. The van der Waals surface area contributed by atoms with Crippen LogP contribution in [0, 0.1) is 6.92 Å². The summed E-state index contributed by atoms with van der Waals surface area (Å²) in [5.41, 5.74) is 2.92. The molecule has 1 unspecified atom stereocenters. The molecule has 0 spiro atoms. The maximum atomic E-state index is 12.4. The standard InChI is InChI=1S/C18H19BrO2/c1-4-14-5-7-15(8-6-14)18(20)13(3)21-17-10-9-16(19)11-12(17)2/h5-11,13H,4H2,1-3H3. The second kappa shape index (κ2) is 6.90. The topological polar surface area (TPSA) is 26.3 Å². The van der Waals surface area contributed by atoms with Gasteiger partial charge < -0.3 is 4.74 Å². The zero-order chi connectivity index (χ0) is 15.4. The number of ether oxygens (including phenoxy) is 1. The summed E-state index contributed by atoms with van der Waals surface area (Å²) in [6, 6.07) is 13.5. The molecule has 2 aromatic carbocycles. The van der Waals surface area contributed by atoms with Crippen molar-refractivity contribution in [2.24, 2.45) is 0 Å². The summed E-state index contributed by atoms with van der Waals surface area (Å²) < 4.78 is 6.80. The van der Waals surface area contributed by atoms with E-state index < -0.39 is 6.10 Å². The van der Waals surface area contributed by atoms with Crippen LogP contribution < -0.4 is 4.74 Å². The molecule has 3 heteroatoms. The van der Waals surface area contributed by atoms with Crippen molar-refractivity contribution in [1.29, 1.82) is 0 Å². The van der Waals surface area contributed by atoms with Crippen LogP contribution in [0.1, 0.15) is 35.3 Å². The molecule has 0 saturated heterocycles. The lowest BCUT2D eigenvalue weighted by molar-refractivity contribution is 0.0817. The van der Waals surface area contributed by atoms with E-state index in [-0.39, 0.29) is 5.78 Å². The van der Waals surface area contributed by atoms with Crippen molar-refractivity contribution in [3.8, 4) is 5.75 Å². The zero-order valence-electron chi connectivity index (χ0n) is 12.5. The molecule has 0 aliphatic heterocycles. The van der Waals surface area contributed by atoms with Crippen molar-refractivity contribution in [2.75, 3.05) is 0 Å². The second-order valence-corrected chi connectivity index (χ2v) is 6.00. The molecule has 0 amide bonds. The monoisotopic (exact) mass is 346 g/mol. The molecule has 0 aliphatic carbocycles. The highest BCUT2D eigenvalue weighted by atomic mass is 79.9. The number of hydrogen-bond acceptors (Lipinski definition) is 2. The van der Waals surface area contributed by atoms with Gasteiger partial charge in [0.2, 0.25) is 5.78 Å². The molecule has 2 nitrogen and oxygen atoms in total. The lowest BCUT2D eigenvalue weighted by atomic mass is 10.0. The molecule has 2 aromatic rings. The van der Waals surface area contributed by atoms with E-state index in [1.807, 2.05) is 49.4 Å². The first-order valence-corrected chi connectivity index (χ1v) is 7.86. The summed E-state index contributed by atoms with van der Waals surface area (Å²) in [6.07, 6.45) is 0.468. The predicted molar refractivity (Wildman–Crippen MR) is 89.1 cm³/mol. The van der Waals surface area contributed by atoms with Gasteiger partial charge in [-0.25, -0.2) is 0 Å². The fourth-order valence-corrected chi connectivity index (χ4v) is 2.60. The van der Waals surface area contributed by atoms with Crippen LogP contribution in [0.3, 0.4) is 0 Å². The Labute approximate surface area is 134 Å². The number of carbonyl (C=O) groups excluding carboxylic acids is 1. The van der Waals surface area contributed by atoms with Gasteiger partial charge >= 0.3 is 0 Å². The Morgan fingerprint density at radius 1 is 1.19 bits per heavy atom. The third-order valence-electron chi connectivity index (χ3n) is 3.46. The summed E-state index contributed by atoms with van der Waals surface area (Å²) in [5, 5.41) is 0. The van der Waals surface area contributed by atoms with Crippen molar-refractivity contribution >= 4 is 21.7 Å². The van der Waals surface area contributed by atoms with Gasteiger partial charge in [0, 0.05) is 10.0 Å². The third-order valence-corrected chi connectivity index (χ3v) is 3.95. The molecule has 21 heavy (non-hydrogen) atoms. The van der Waals surface area contributed by atoms with Gasteiger partial charge in [-0.15, -0.1) is 0 Å². The van der Waals surface area contributed by atoms with Crippen LogP contribution in [0.15, 0.2) is 46.9 Å². The van der Waals surface area contributed by atoms with Gasteiger partial charge in [-0.1, -0.05) is 47.1 Å². The summed E-state index contributed by atoms with van der Waals surface area (Å²) in [4.78, 5) is 12.4. The van der Waals surface area contributed by atoms with Crippen molar-refractivity contribution < 1.29 is 9.53 Å². The molecule has 0 radical (unpaired) electrons. The molecule has 0 bridgehead atoms. The average Bonchev–Trinajstić information content (AvgIpc) is 2.49. The van der Waals surface area contributed by atoms with E-state index in [2.05, 4.69) is 22.9 Å². The van der Waals surface area contributed by atoms with Gasteiger partial charge in [0.25, 0.3) is 0 Å². The van der Waals surface area contributed by atoms with Gasteiger partial charge in [0.15, 0.2) is 6.10 Å². The molecule has 0 N–H and O–H groups in total. The number of Topliss-reactive ketones (excluding diaryl/α,β-unsaturated/α-hetero) is 1. The molecule has 110 valence electrons. The second-order valence-electron chi connectivity index (χ2n) is 5.08. The Balaban J connectivity index is 2.11. The molecule has 0 fully saturated rings. The quantitative estimate of drug-likeness (QED) is 0.714. The van der Waals surface area contributed by atoms with E-state index in [9.17, 15) is 4.79 Å². The van der Waals surface area contributed by atoms with Crippen LogP contribution in [0.25, 0.3) is 0 Å². The summed E-state index contributed by atoms with van der Waals surface area (Å²) >= 11 is 3.42. The molecule has 0 saturated carbocycles. The van der Waals surface area contributed by atoms with E-state index in [4.69, 9.17) is 4.74 Å². The predicted octanol–water partition coefficient (Wildman–Crippen LogP) is 4.97. The van der Waals surface area contributed by atoms with Crippen molar-refractivity contribution in [1.82, 2.24) is 0 Å². The van der Waals surface area contributed by atoms with Crippen LogP contribution >= 0.6 is 15.9 Å². The van der Waals surface area contributed by atoms with Gasteiger partial charge in [0.1, 0.15) is 5.75 Å². The minimum absolute atomic E-state index is 0.0000261. The Bertz CT molecular complexity index is 632. The highest BCUT2D eigenvalue weighted by molar-refractivity contribution is 9.10. The first-order valence-electron chi connectivity index (χ1n) is 7.07. The van der Waals surface area contributed by atoms with Crippen LogP contribution in [0.5, 0.6) is 5.75 Å². The summed E-state index contributed by atoms with van der Waals surface area (Å²) in [5.74, 6) is 0.740. The lowest BCUT2D eigenvalue weighted by Crippen LogP contribution is -2.24. The Hall–Kier alpha value is -1.61. The van der Waals surface area contributed by atoms with Gasteiger partial charge in [-0.3, -0.25) is 4.79 Å². The van der Waals surface area contributed by atoms with E-state index in [1.54, 1.807) is 6.92 Å². The fraction of sp³-hybridized carbons (Fsp3) is 0.278. The SMILES string of the molecule is CCc1ccc(C(=O)C(C)Oc2ccc(Br)cc2C)cc1. The molecular weight excluding hydrogens is 328 g/mol. The summed E-state index contributed by atoms with van der Waals surface area (Å²) in [7, 11) is 0. The fourth-order valence-electron chi connectivity index (χ4n) is 2.13. The number of carbonyl (C=O) groups is 1. The van der Waals surface area contributed by atoms with Gasteiger partial charge in [-0.05, 0) is 49.6 Å². The minimum Gasteiger partial charge on any atom is -0.482 e. The van der Waals surface area contributed by atoms with E-state index in [0.29, 0.717) is 5.56 Å². The molecular formula is C18H19BrO2. The van der Waals surface area contributed by atoms with Gasteiger partial charge in [-0.2, -0.15) is 0 Å². The first kappa shape index (κ1) is 15.8. The van der Waals surface area contributed by atoms with E-state index in [1.165, 1.54) is 5.56 Å². The van der Waals surface area contributed by atoms with Crippen LogP contribution in [0.4, 0.5) is 0 Å². The Morgan fingerprint density at radius 3 is 2.43 bits per heavy atom. The molecule has 0 aromatic heterocycles. The summed E-state index contributed by atoms with van der Waals surface area (Å²) in [6.45, 7) is 5.85. The van der Waals surface area contributed by atoms with Gasteiger partial charge in [0.05, 0.1) is 0 Å². The number of rotatable bonds is 5. The highest BCUT2D eigenvalue weighted by Gasteiger charge is 2.17.